The zero-order valence-electron chi connectivity index (χ0n) is 34.7. The molecular formula is C60H46N2. The summed E-state index contributed by atoms with van der Waals surface area (Å²) in [7, 11) is 0. The molecule has 9 aromatic carbocycles. The third kappa shape index (κ3) is 6.34. The highest BCUT2D eigenvalue weighted by atomic mass is 15.1. The number of hydrogen-bond donors (Lipinski definition) is 0. The van der Waals surface area contributed by atoms with Gasteiger partial charge in [0, 0.05) is 33.5 Å². The van der Waals surface area contributed by atoms with E-state index in [1.54, 1.807) is 0 Å². The van der Waals surface area contributed by atoms with Gasteiger partial charge in [-0.1, -0.05) is 158 Å². The SMILES string of the molecule is C1=CC2CCCCC2c2ccc(N(c3ccc(-c4ccc5ccccc5c4)cc3)c3cccc(-c4cc(-c5ccccc5)cc5c4c4ccccc4n5-c4ccccc4)c3)cc21. The summed E-state index contributed by atoms with van der Waals surface area (Å²) >= 11 is 0. The van der Waals surface area contributed by atoms with E-state index in [2.05, 4.69) is 228 Å². The number of rotatable bonds is 7. The molecule has 0 aliphatic heterocycles. The molecule has 1 fully saturated rings. The van der Waals surface area contributed by atoms with Crippen LogP contribution >= 0.6 is 0 Å². The van der Waals surface area contributed by atoms with Gasteiger partial charge in [0.1, 0.15) is 0 Å². The van der Waals surface area contributed by atoms with Crippen LogP contribution in [0.1, 0.15) is 42.7 Å². The third-order valence-corrected chi connectivity index (χ3v) is 13.6. The standard InChI is InChI=1S/C60H46N2/c1-3-14-41(15-4-1)49-39-57(60-56-24-11-12-25-58(56)62(59(60)40-49)50-20-5-2-6-21-50)47-19-13-22-52(37-47)61(53-34-35-55-48(38-53)29-27-44-17-9-10-23-54(44)55)51-32-30-43(31-33-51)46-28-26-42-16-7-8-18-45(42)36-46/h1-8,11-16,18-22,24-40,44,54H,9-10,17,23H2. The average molecular weight is 795 g/mol. The van der Waals surface area contributed by atoms with Gasteiger partial charge in [-0.3, -0.25) is 0 Å². The summed E-state index contributed by atoms with van der Waals surface area (Å²) < 4.78 is 2.44. The summed E-state index contributed by atoms with van der Waals surface area (Å²) in [6.45, 7) is 0. The Morgan fingerprint density at radius 2 is 1.13 bits per heavy atom. The summed E-state index contributed by atoms with van der Waals surface area (Å²) in [6, 6.07) is 76.3. The molecule has 2 heteroatoms. The molecule has 0 amide bonds. The highest BCUT2D eigenvalue weighted by molar-refractivity contribution is 6.17. The summed E-state index contributed by atoms with van der Waals surface area (Å²) in [4.78, 5) is 2.46. The van der Waals surface area contributed by atoms with Gasteiger partial charge in [0.05, 0.1) is 11.0 Å². The van der Waals surface area contributed by atoms with Crippen LogP contribution in [0.4, 0.5) is 17.1 Å². The summed E-state index contributed by atoms with van der Waals surface area (Å²) in [5.41, 5.74) is 17.1. The summed E-state index contributed by atoms with van der Waals surface area (Å²) in [5, 5.41) is 5.02. The van der Waals surface area contributed by atoms with E-state index in [9.17, 15) is 0 Å². The van der Waals surface area contributed by atoms with Gasteiger partial charge in [0.15, 0.2) is 0 Å². The van der Waals surface area contributed by atoms with Gasteiger partial charge in [-0.15, -0.1) is 0 Å². The average Bonchev–Trinajstić information content (AvgIpc) is 3.69. The fourth-order valence-corrected chi connectivity index (χ4v) is 10.6. The van der Waals surface area contributed by atoms with Gasteiger partial charge in [0.25, 0.3) is 0 Å². The first-order chi connectivity index (χ1) is 30.7. The van der Waals surface area contributed by atoms with Gasteiger partial charge in [0.2, 0.25) is 0 Å². The van der Waals surface area contributed by atoms with Crippen molar-refractivity contribution >= 4 is 55.7 Å². The maximum atomic E-state index is 2.50. The molecule has 2 aliphatic carbocycles. The summed E-state index contributed by atoms with van der Waals surface area (Å²) in [5.74, 6) is 1.28. The van der Waals surface area contributed by atoms with Crippen LogP contribution < -0.4 is 4.90 Å². The van der Waals surface area contributed by atoms with E-state index in [1.807, 2.05) is 0 Å². The minimum Gasteiger partial charge on any atom is -0.310 e. The first kappa shape index (κ1) is 36.4. The molecule has 2 atom stereocenters. The number of anilines is 3. The van der Waals surface area contributed by atoms with Crippen LogP contribution in [-0.4, -0.2) is 4.57 Å². The minimum atomic E-state index is 0.619. The number of aromatic nitrogens is 1. The largest absolute Gasteiger partial charge is 0.310 e. The molecule has 2 nitrogen and oxygen atoms in total. The Balaban J connectivity index is 1.04. The predicted octanol–water partition coefficient (Wildman–Crippen LogP) is 16.7. The quantitative estimate of drug-likeness (QED) is 0.156. The van der Waals surface area contributed by atoms with Crippen molar-refractivity contribution in [3.63, 3.8) is 0 Å². The van der Waals surface area contributed by atoms with Crippen molar-refractivity contribution in [3.05, 3.63) is 223 Å². The molecule has 296 valence electrons. The van der Waals surface area contributed by atoms with Crippen molar-refractivity contribution in [2.75, 3.05) is 4.90 Å². The molecule has 1 heterocycles. The number of nitrogens with zero attached hydrogens (tertiary/aromatic N) is 2. The zero-order chi connectivity index (χ0) is 41.0. The number of para-hydroxylation sites is 2. The highest BCUT2D eigenvalue weighted by Crippen LogP contribution is 2.47. The Bertz CT molecular complexity index is 3300. The van der Waals surface area contributed by atoms with Gasteiger partial charge >= 0.3 is 0 Å². The third-order valence-electron chi connectivity index (χ3n) is 13.6. The molecule has 0 N–H and O–H groups in total. The van der Waals surface area contributed by atoms with E-state index in [1.165, 1.54) is 108 Å². The second kappa shape index (κ2) is 15.2. The second-order valence-electron chi connectivity index (χ2n) is 17.2. The first-order valence-electron chi connectivity index (χ1n) is 22.2. The molecule has 10 aromatic rings. The number of fused-ring (bicyclic) bond motifs is 7. The van der Waals surface area contributed by atoms with E-state index >= 15 is 0 Å². The Morgan fingerprint density at radius 3 is 2.00 bits per heavy atom. The lowest BCUT2D eigenvalue weighted by Crippen LogP contribution is -2.19. The smallest absolute Gasteiger partial charge is 0.0553 e. The van der Waals surface area contributed by atoms with Crippen molar-refractivity contribution < 1.29 is 0 Å². The summed E-state index contributed by atoms with van der Waals surface area (Å²) in [6.07, 6.45) is 10.1. The van der Waals surface area contributed by atoms with Crippen LogP contribution in [0.3, 0.4) is 0 Å². The lowest BCUT2D eigenvalue weighted by atomic mass is 9.71. The molecule has 2 unspecified atom stereocenters. The number of hydrogen-bond acceptors (Lipinski definition) is 1. The van der Waals surface area contributed by atoms with Gasteiger partial charge in [-0.2, -0.15) is 0 Å². The van der Waals surface area contributed by atoms with Crippen molar-refractivity contribution in [1.82, 2.24) is 4.57 Å². The molecule has 62 heavy (non-hydrogen) atoms. The Labute approximate surface area is 363 Å². The molecule has 0 saturated heterocycles. The highest BCUT2D eigenvalue weighted by Gasteiger charge is 2.29. The Hall–Kier alpha value is -7.42. The predicted molar refractivity (Wildman–Crippen MR) is 263 cm³/mol. The van der Waals surface area contributed by atoms with Gasteiger partial charge in [-0.25, -0.2) is 0 Å². The second-order valence-corrected chi connectivity index (χ2v) is 17.2. The molecule has 1 saturated carbocycles. The fraction of sp³-hybridized carbons (Fsp3) is 0.100. The van der Waals surface area contributed by atoms with E-state index in [0.717, 1.165) is 17.1 Å². The van der Waals surface area contributed by atoms with Crippen LogP contribution in [0.25, 0.3) is 77.7 Å². The minimum absolute atomic E-state index is 0.619. The van der Waals surface area contributed by atoms with Crippen molar-refractivity contribution in [2.45, 2.75) is 31.6 Å². The number of benzene rings is 9. The molecule has 0 bridgehead atoms. The molecule has 0 spiro atoms. The van der Waals surface area contributed by atoms with Gasteiger partial charge < -0.3 is 9.47 Å². The maximum absolute atomic E-state index is 2.50. The molecule has 12 rings (SSSR count). The Kier molecular flexibility index (Phi) is 8.96. The number of allylic oxidation sites excluding steroid dienone is 1. The van der Waals surface area contributed by atoms with Crippen LogP contribution in [0.2, 0.25) is 0 Å². The fourth-order valence-electron chi connectivity index (χ4n) is 10.6. The van der Waals surface area contributed by atoms with Gasteiger partial charge in [-0.05, 0) is 153 Å². The van der Waals surface area contributed by atoms with Crippen molar-refractivity contribution in [2.24, 2.45) is 5.92 Å². The van der Waals surface area contributed by atoms with E-state index < -0.39 is 0 Å². The van der Waals surface area contributed by atoms with Crippen LogP contribution in [0.15, 0.2) is 212 Å². The normalized spacial score (nSPS) is 15.7. The topological polar surface area (TPSA) is 8.17 Å². The molecule has 1 aromatic heterocycles. The van der Waals surface area contributed by atoms with Crippen molar-refractivity contribution in [1.29, 1.82) is 0 Å². The van der Waals surface area contributed by atoms with E-state index in [4.69, 9.17) is 0 Å². The lowest BCUT2D eigenvalue weighted by molar-refractivity contribution is 0.360. The molecule has 2 aliphatic rings. The van der Waals surface area contributed by atoms with E-state index in [-0.39, 0.29) is 0 Å². The van der Waals surface area contributed by atoms with Crippen LogP contribution in [-0.2, 0) is 0 Å². The first-order valence-corrected chi connectivity index (χ1v) is 22.2. The monoisotopic (exact) mass is 794 g/mol. The molecule has 0 radical (unpaired) electrons. The van der Waals surface area contributed by atoms with Crippen LogP contribution in [0, 0.1) is 5.92 Å². The van der Waals surface area contributed by atoms with Crippen molar-refractivity contribution in [3.8, 4) is 39.1 Å². The zero-order valence-corrected chi connectivity index (χ0v) is 34.7. The Morgan fingerprint density at radius 1 is 0.435 bits per heavy atom. The molecular weight excluding hydrogens is 749 g/mol. The van der Waals surface area contributed by atoms with Crippen LogP contribution in [0.5, 0.6) is 0 Å². The lowest BCUT2D eigenvalue weighted by Gasteiger charge is -2.35. The van der Waals surface area contributed by atoms with E-state index in [0.29, 0.717) is 11.8 Å². The maximum Gasteiger partial charge on any atom is 0.0553 e.